The van der Waals surface area contributed by atoms with E-state index < -0.39 is 10.5 Å². The van der Waals surface area contributed by atoms with Gasteiger partial charge in [0.15, 0.2) is 0 Å². The van der Waals surface area contributed by atoms with Gasteiger partial charge in [0.2, 0.25) is 0 Å². The molecule has 0 radical (unpaired) electrons. The van der Waals surface area contributed by atoms with Gasteiger partial charge in [0, 0.05) is 22.8 Å². The van der Waals surface area contributed by atoms with Gasteiger partial charge in [0.1, 0.15) is 5.54 Å². The lowest BCUT2D eigenvalue weighted by Crippen LogP contribution is -2.48. The highest BCUT2D eigenvalue weighted by Crippen LogP contribution is 2.42. The van der Waals surface area contributed by atoms with Gasteiger partial charge >= 0.3 is 0 Å². The summed E-state index contributed by atoms with van der Waals surface area (Å²) in [5.41, 5.74) is -0.375. The maximum atomic E-state index is 10.6. The lowest BCUT2D eigenvalue weighted by Gasteiger charge is -2.27. The molecule has 1 aliphatic carbocycles. The zero-order chi connectivity index (χ0) is 15.3. The van der Waals surface area contributed by atoms with Crippen LogP contribution in [0, 0.1) is 27.4 Å². The first-order valence-corrected chi connectivity index (χ1v) is 8.13. The molecule has 1 unspecified atom stereocenters. The van der Waals surface area contributed by atoms with Crippen molar-refractivity contribution in [3.05, 3.63) is 34.4 Å². The Balaban J connectivity index is 2.01. The van der Waals surface area contributed by atoms with Gasteiger partial charge < -0.3 is 0 Å². The number of nitro benzene ring substituents is 1. The fourth-order valence-corrected chi connectivity index (χ4v) is 3.39. The van der Waals surface area contributed by atoms with Gasteiger partial charge in [-0.05, 0) is 43.9 Å². The summed E-state index contributed by atoms with van der Waals surface area (Å²) in [7, 11) is 0. The molecule has 2 rings (SSSR count). The Morgan fingerprint density at radius 1 is 1.48 bits per heavy atom. The molecule has 0 spiro atoms. The van der Waals surface area contributed by atoms with Gasteiger partial charge in [0.05, 0.1) is 11.0 Å². The van der Waals surface area contributed by atoms with Gasteiger partial charge in [-0.2, -0.15) is 5.26 Å². The average Bonchev–Trinajstić information content (AvgIpc) is 3.33. The van der Waals surface area contributed by atoms with Crippen LogP contribution in [0.15, 0.2) is 29.2 Å². The van der Waals surface area contributed by atoms with Crippen molar-refractivity contribution in [3.63, 3.8) is 0 Å². The molecule has 1 aliphatic rings. The van der Waals surface area contributed by atoms with Crippen molar-refractivity contribution in [3.8, 4) is 6.07 Å². The smallest absolute Gasteiger partial charge is 0.269 e. The molecule has 6 heteroatoms. The lowest BCUT2D eigenvalue weighted by molar-refractivity contribution is -0.384. The van der Waals surface area contributed by atoms with Crippen molar-refractivity contribution in [2.75, 3.05) is 12.3 Å². The standard InChI is InChI=1S/C15H19N3O2S/c1-2-9-17-15(10-16,12-3-4-12)11-21-14-7-5-13(6-8-14)18(19)20/h5-8,12,17H,2-4,9,11H2,1H3. The molecule has 0 aromatic heterocycles. The fraction of sp³-hybridized carbons (Fsp3) is 0.533. The number of benzene rings is 1. The summed E-state index contributed by atoms with van der Waals surface area (Å²) in [5, 5.41) is 23.6. The Bertz CT molecular complexity index is 537. The van der Waals surface area contributed by atoms with Gasteiger partial charge in [0.25, 0.3) is 5.69 Å². The third-order valence-corrected chi connectivity index (χ3v) is 4.88. The van der Waals surface area contributed by atoms with Crippen molar-refractivity contribution in [2.24, 2.45) is 5.92 Å². The molecule has 112 valence electrons. The maximum Gasteiger partial charge on any atom is 0.269 e. The van der Waals surface area contributed by atoms with Crippen molar-refractivity contribution >= 4 is 17.4 Å². The van der Waals surface area contributed by atoms with Gasteiger partial charge in [-0.15, -0.1) is 11.8 Å². The highest BCUT2D eigenvalue weighted by Gasteiger charge is 2.45. The van der Waals surface area contributed by atoms with E-state index in [0.29, 0.717) is 11.7 Å². The van der Waals surface area contributed by atoms with Crippen LogP contribution < -0.4 is 5.32 Å². The number of hydrogen-bond acceptors (Lipinski definition) is 5. The van der Waals surface area contributed by atoms with Crippen LogP contribution >= 0.6 is 11.8 Å². The number of thioether (sulfide) groups is 1. The van der Waals surface area contributed by atoms with Crippen molar-refractivity contribution in [1.82, 2.24) is 5.32 Å². The number of rotatable bonds is 8. The number of hydrogen-bond donors (Lipinski definition) is 1. The normalized spacial score (nSPS) is 17.0. The molecule has 0 amide bonds. The minimum Gasteiger partial charge on any atom is -0.298 e. The van der Waals surface area contributed by atoms with Crippen molar-refractivity contribution < 1.29 is 4.92 Å². The minimum atomic E-state index is -0.470. The SMILES string of the molecule is CCCNC(C#N)(CSc1ccc([N+](=O)[O-])cc1)C1CC1. The average molecular weight is 305 g/mol. The summed E-state index contributed by atoms with van der Waals surface area (Å²) in [6.45, 7) is 2.93. The number of nitrogens with zero attached hydrogens (tertiary/aromatic N) is 2. The maximum absolute atomic E-state index is 10.6. The van der Waals surface area contributed by atoms with E-state index in [-0.39, 0.29) is 5.69 Å². The lowest BCUT2D eigenvalue weighted by atomic mass is 9.97. The number of nitrogens with one attached hydrogen (secondary N) is 1. The Morgan fingerprint density at radius 2 is 2.14 bits per heavy atom. The van der Waals surface area contributed by atoms with Crippen LogP contribution in [0.1, 0.15) is 26.2 Å². The molecule has 0 bridgehead atoms. The first-order chi connectivity index (χ1) is 10.1. The van der Waals surface area contributed by atoms with Crippen molar-refractivity contribution in [1.29, 1.82) is 5.26 Å². The van der Waals surface area contributed by atoms with Crippen LogP contribution in [0.2, 0.25) is 0 Å². The van der Waals surface area contributed by atoms with Crippen LogP contribution in [-0.2, 0) is 0 Å². The molecule has 1 N–H and O–H groups in total. The van der Waals surface area contributed by atoms with Gasteiger partial charge in [-0.25, -0.2) is 0 Å². The molecule has 1 aromatic rings. The predicted octanol–water partition coefficient (Wildman–Crippen LogP) is 3.36. The van der Waals surface area contributed by atoms with Crippen LogP contribution in [0.25, 0.3) is 0 Å². The molecule has 1 saturated carbocycles. The third kappa shape index (κ3) is 3.96. The van der Waals surface area contributed by atoms with Gasteiger partial charge in [-0.1, -0.05) is 6.92 Å². The first-order valence-electron chi connectivity index (χ1n) is 7.15. The number of nitriles is 1. The quantitative estimate of drug-likeness (QED) is 0.452. The van der Waals surface area contributed by atoms with E-state index in [0.717, 1.165) is 30.7 Å². The topological polar surface area (TPSA) is 79.0 Å². The first kappa shape index (κ1) is 15.8. The second kappa shape index (κ2) is 6.92. The number of nitro groups is 1. The monoisotopic (exact) mass is 305 g/mol. The van der Waals surface area contributed by atoms with Crippen molar-refractivity contribution in [2.45, 2.75) is 36.6 Å². The van der Waals surface area contributed by atoms with E-state index in [4.69, 9.17) is 0 Å². The molecule has 1 aromatic carbocycles. The molecule has 1 fully saturated rings. The van der Waals surface area contributed by atoms with E-state index in [1.54, 1.807) is 23.9 Å². The summed E-state index contributed by atoms with van der Waals surface area (Å²) < 4.78 is 0. The highest BCUT2D eigenvalue weighted by atomic mass is 32.2. The van der Waals surface area contributed by atoms with E-state index in [9.17, 15) is 15.4 Å². The minimum absolute atomic E-state index is 0.0946. The summed E-state index contributed by atoms with van der Waals surface area (Å²) in [4.78, 5) is 11.2. The van der Waals surface area contributed by atoms with E-state index in [2.05, 4.69) is 18.3 Å². The second-order valence-electron chi connectivity index (χ2n) is 5.32. The summed E-state index contributed by atoms with van der Waals surface area (Å²) in [6.07, 6.45) is 3.20. The molecule has 0 aliphatic heterocycles. The molecule has 1 atom stereocenters. The second-order valence-corrected chi connectivity index (χ2v) is 6.37. The molecule has 0 heterocycles. The molecule has 0 saturated heterocycles. The molecular weight excluding hydrogens is 286 g/mol. The van der Waals surface area contributed by atoms with Crippen LogP contribution in [0.3, 0.4) is 0 Å². The zero-order valence-corrected chi connectivity index (χ0v) is 12.9. The summed E-state index contributed by atoms with van der Waals surface area (Å²) in [5.74, 6) is 1.10. The van der Waals surface area contributed by atoms with E-state index in [1.807, 2.05) is 0 Å². The summed E-state index contributed by atoms with van der Waals surface area (Å²) in [6, 6.07) is 8.98. The largest absolute Gasteiger partial charge is 0.298 e. The Labute approximate surface area is 128 Å². The third-order valence-electron chi connectivity index (χ3n) is 3.68. The molecular formula is C15H19N3O2S. The Hall–Kier alpha value is -1.58. The molecule has 5 nitrogen and oxygen atoms in total. The summed E-state index contributed by atoms with van der Waals surface area (Å²) >= 11 is 1.58. The van der Waals surface area contributed by atoms with Crippen LogP contribution in [0.4, 0.5) is 5.69 Å². The van der Waals surface area contributed by atoms with Crippen LogP contribution in [0.5, 0.6) is 0 Å². The van der Waals surface area contributed by atoms with Crippen LogP contribution in [-0.4, -0.2) is 22.8 Å². The molecule has 21 heavy (non-hydrogen) atoms. The highest BCUT2D eigenvalue weighted by molar-refractivity contribution is 7.99. The van der Waals surface area contributed by atoms with E-state index in [1.165, 1.54) is 12.1 Å². The fourth-order valence-electron chi connectivity index (χ4n) is 2.26. The number of non-ortho nitro benzene ring substituents is 1. The van der Waals surface area contributed by atoms with E-state index >= 15 is 0 Å². The Morgan fingerprint density at radius 3 is 2.62 bits per heavy atom. The zero-order valence-electron chi connectivity index (χ0n) is 12.0. The predicted molar refractivity (Wildman–Crippen MR) is 83.2 cm³/mol. The van der Waals surface area contributed by atoms with Gasteiger partial charge in [-0.3, -0.25) is 15.4 Å². The Kier molecular flexibility index (Phi) is 5.21.